The second-order valence-electron chi connectivity index (χ2n) is 4.50. The Kier molecular flexibility index (Phi) is 5.16. The highest BCUT2D eigenvalue weighted by Crippen LogP contribution is 2.16. The number of nitrogens with zero attached hydrogens (tertiary/aromatic N) is 2. The van der Waals surface area contributed by atoms with Crippen LogP contribution in [0.25, 0.3) is 0 Å². The van der Waals surface area contributed by atoms with Gasteiger partial charge in [-0.1, -0.05) is 11.6 Å². The van der Waals surface area contributed by atoms with Gasteiger partial charge in [0.05, 0.1) is 17.8 Å². The van der Waals surface area contributed by atoms with Crippen LogP contribution in [-0.2, 0) is 16.1 Å². The first-order valence-corrected chi connectivity index (χ1v) is 6.27. The maximum absolute atomic E-state index is 11.6. The quantitative estimate of drug-likeness (QED) is 0.803. The van der Waals surface area contributed by atoms with Crippen molar-refractivity contribution in [2.75, 3.05) is 14.2 Å². The topological polar surface area (TPSA) is 56.2 Å². The van der Waals surface area contributed by atoms with Crippen molar-refractivity contribution >= 4 is 17.6 Å². The highest BCUT2D eigenvalue weighted by molar-refractivity contribution is 6.31. The molecule has 5 nitrogen and oxygen atoms in total. The molecule has 0 fully saturated rings. The van der Waals surface area contributed by atoms with Crippen LogP contribution in [0.5, 0.6) is 0 Å². The maximum atomic E-state index is 11.6. The van der Waals surface area contributed by atoms with E-state index in [1.54, 1.807) is 17.9 Å². The molecule has 102 valence electrons. The molecular formula is C12H20ClN3O2. The molecule has 0 amide bonds. The Bertz CT molecular complexity index is 400. The van der Waals surface area contributed by atoms with E-state index < -0.39 is 5.54 Å². The zero-order valence-electron chi connectivity index (χ0n) is 11.3. The van der Waals surface area contributed by atoms with Crippen LogP contribution < -0.4 is 5.32 Å². The van der Waals surface area contributed by atoms with Gasteiger partial charge in [0.1, 0.15) is 5.54 Å². The zero-order chi connectivity index (χ0) is 13.8. The third-order valence-electron chi connectivity index (χ3n) is 3.14. The Morgan fingerprint density at radius 1 is 1.67 bits per heavy atom. The van der Waals surface area contributed by atoms with Crippen LogP contribution in [0.4, 0.5) is 0 Å². The third kappa shape index (κ3) is 3.46. The number of likely N-dealkylation sites (N-methyl/N-ethyl adjacent to an activating group) is 1. The van der Waals surface area contributed by atoms with Gasteiger partial charge in [-0.05, 0) is 33.7 Å². The summed E-state index contributed by atoms with van der Waals surface area (Å²) in [7, 11) is 3.15. The summed E-state index contributed by atoms with van der Waals surface area (Å²) in [6.45, 7) is 4.42. The molecule has 0 aliphatic carbocycles. The first kappa shape index (κ1) is 15.0. The highest BCUT2D eigenvalue weighted by Gasteiger charge is 2.31. The summed E-state index contributed by atoms with van der Waals surface area (Å²) >= 11 is 5.93. The number of carbonyl (C=O) groups excluding carboxylic acids is 1. The van der Waals surface area contributed by atoms with Crippen molar-refractivity contribution in [3.63, 3.8) is 0 Å². The Morgan fingerprint density at radius 2 is 2.33 bits per heavy atom. The van der Waals surface area contributed by atoms with Gasteiger partial charge < -0.3 is 10.1 Å². The number of hydrogen-bond donors (Lipinski definition) is 1. The van der Waals surface area contributed by atoms with Crippen molar-refractivity contribution < 1.29 is 9.53 Å². The van der Waals surface area contributed by atoms with Crippen molar-refractivity contribution in [3.8, 4) is 0 Å². The van der Waals surface area contributed by atoms with Gasteiger partial charge in [-0.2, -0.15) is 5.10 Å². The van der Waals surface area contributed by atoms with Gasteiger partial charge in [-0.25, -0.2) is 0 Å². The largest absolute Gasteiger partial charge is 0.468 e. The van der Waals surface area contributed by atoms with Crippen LogP contribution in [0.2, 0.25) is 5.02 Å². The normalized spacial score (nSPS) is 14.3. The molecule has 0 aliphatic heterocycles. The minimum absolute atomic E-state index is 0.250. The molecule has 1 aromatic heterocycles. The number of aryl methyl sites for hydroxylation is 2. The number of hydrogen-bond acceptors (Lipinski definition) is 4. The molecule has 0 saturated carbocycles. The van der Waals surface area contributed by atoms with E-state index in [4.69, 9.17) is 16.3 Å². The van der Waals surface area contributed by atoms with Gasteiger partial charge in [-0.15, -0.1) is 0 Å². The SMILES string of the molecule is CNC(C)(CCCn1cc(Cl)c(C)n1)C(=O)OC. The van der Waals surface area contributed by atoms with Gasteiger partial charge in [0.25, 0.3) is 0 Å². The van der Waals surface area contributed by atoms with E-state index in [-0.39, 0.29) is 5.97 Å². The molecule has 0 radical (unpaired) electrons. The molecule has 1 unspecified atom stereocenters. The van der Waals surface area contributed by atoms with Crippen molar-refractivity contribution in [2.45, 2.75) is 38.8 Å². The Hall–Kier alpha value is -1.07. The lowest BCUT2D eigenvalue weighted by molar-refractivity contribution is -0.148. The molecule has 0 spiro atoms. The molecular weight excluding hydrogens is 254 g/mol. The summed E-state index contributed by atoms with van der Waals surface area (Å²) in [5.74, 6) is -0.250. The number of nitrogens with one attached hydrogen (secondary N) is 1. The van der Waals surface area contributed by atoms with Gasteiger partial charge in [-0.3, -0.25) is 9.48 Å². The number of aromatic nitrogens is 2. The monoisotopic (exact) mass is 273 g/mol. The Morgan fingerprint density at radius 3 is 2.78 bits per heavy atom. The number of methoxy groups -OCH3 is 1. The van der Waals surface area contributed by atoms with E-state index >= 15 is 0 Å². The lowest BCUT2D eigenvalue weighted by Crippen LogP contribution is -2.48. The van der Waals surface area contributed by atoms with Gasteiger partial charge in [0.15, 0.2) is 0 Å². The molecule has 0 aliphatic rings. The number of ether oxygens (including phenoxy) is 1. The minimum Gasteiger partial charge on any atom is -0.468 e. The van der Waals surface area contributed by atoms with Gasteiger partial charge in [0.2, 0.25) is 0 Å². The molecule has 1 rings (SSSR count). The summed E-state index contributed by atoms with van der Waals surface area (Å²) in [5.41, 5.74) is 0.168. The molecule has 1 heterocycles. The van der Waals surface area contributed by atoms with Crippen molar-refractivity contribution in [1.82, 2.24) is 15.1 Å². The molecule has 0 saturated heterocycles. The van der Waals surface area contributed by atoms with E-state index in [1.165, 1.54) is 7.11 Å². The Balaban J connectivity index is 2.52. The molecule has 0 bridgehead atoms. The molecule has 6 heteroatoms. The number of rotatable bonds is 6. The second-order valence-corrected chi connectivity index (χ2v) is 4.91. The van der Waals surface area contributed by atoms with E-state index in [9.17, 15) is 4.79 Å². The highest BCUT2D eigenvalue weighted by atomic mass is 35.5. The summed E-state index contributed by atoms with van der Waals surface area (Å²) in [4.78, 5) is 11.6. The van der Waals surface area contributed by atoms with Crippen molar-refractivity contribution in [2.24, 2.45) is 0 Å². The van der Waals surface area contributed by atoms with Crippen molar-refractivity contribution in [1.29, 1.82) is 0 Å². The number of esters is 1. The van der Waals surface area contributed by atoms with E-state index in [0.717, 1.165) is 18.7 Å². The minimum atomic E-state index is -0.652. The van der Waals surface area contributed by atoms with Crippen LogP contribution in [0.1, 0.15) is 25.5 Å². The average molecular weight is 274 g/mol. The van der Waals surface area contributed by atoms with Crippen LogP contribution in [0, 0.1) is 6.92 Å². The fourth-order valence-electron chi connectivity index (χ4n) is 1.76. The summed E-state index contributed by atoms with van der Waals surface area (Å²) < 4.78 is 6.58. The van der Waals surface area contributed by atoms with Crippen LogP contribution in [0.3, 0.4) is 0 Å². The predicted molar refractivity (Wildman–Crippen MR) is 70.7 cm³/mol. The number of carbonyl (C=O) groups is 1. The molecule has 1 N–H and O–H groups in total. The predicted octanol–water partition coefficient (Wildman–Crippen LogP) is 1.78. The molecule has 18 heavy (non-hydrogen) atoms. The Labute approximate surface area is 112 Å². The smallest absolute Gasteiger partial charge is 0.325 e. The maximum Gasteiger partial charge on any atom is 0.325 e. The fraction of sp³-hybridized carbons (Fsp3) is 0.667. The fourth-order valence-corrected chi connectivity index (χ4v) is 1.91. The van der Waals surface area contributed by atoms with E-state index in [0.29, 0.717) is 11.4 Å². The third-order valence-corrected chi connectivity index (χ3v) is 3.51. The van der Waals surface area contributed by atoms with Crippen LogP contribution in [-0.4, -0.2) is 35.4 Å². The lowest BCUT2D eigenvalue weighted by atomic mass is 9.96. The molecule has 0 aromatic carbocycles. The summed E-state index contributed by atoms with van der Waals surface area (Å²) in [5, 5.41) is 7.94. The van der Waals surface area contributed by atoms with Gasteiger partial charge >= 0.3 is 5.97 Å². The first-order chi connectivity index (χ1) is 8.42. The summed E-state index contributed by atoms with van der Waals surface area (Å²) in [6.07, 6.45) is 3.28. The molecule has 1 atom stereocenters. The average Bonchev–Trinajstić information content (AvgIpc) is 2.67. The lowest BCUT2D eigenvalue weighted by Gasteiger charge is -2.25. The van der Waals surface area contributed by atoms with Crippen LogP contribution >= 0.6 is 11.6 Å². The second kappa shape index (κ2) is 6.20. The molecule has 1 aromatic rings. The standard InChI is InChI=1S/C12H20ClN3O2/c1-9-10(13)8-16(15-9)7-5-6-12(2,14-3)11(17)18-4/h8,14H,5-7H2,1-4H3. The first-order valence-electron chi connectivity index (χ1n) is 5.90. The summed E-state index contributed by atoms with van der Waals surface area (Å²) in [6, 6.07) is 0. The number of halogens is 1. The van der Waals surface area contributed by atoms with E-state index in [1.807, 2.05) is 13.8 Å². The zero-order valence-corrected chi connectivity index (χ0v) is 12.0. The van der Waals surface area contributed by atoms with E-state index in [2.05, 4.69) is 10.4 Å². The van der Waals surface area contributed by atoms with Gasteiger partial charge in [0, 0.05) is 12.7 Å². The van der Waals surface area contributed by atoms with Crippen LogP contribution in [0.15, 0.2) is 6.20 Å². The van der Waals surface area contributed by atoms with Crippen molar-refractivity contribution in [3.05, 3.63) is 16.9 Å².